The van der Waals surface area contributed by atoms with E-state index in [4.69, 9.17) is 9.47 Å². The first kappa shape index (κ1) is 24.5. The van der Waals surface area contributed by atoms with E-state index in [9.17, 15) is 33.1 Å². The number of alkyl halides is 2. The van der Waals surface area contributed by atoms with Crippen molar-refractivity contribution in [3.05, 3.63) is 93.7 Å². The number of nitrogens with zero attached hydrogens (tertiary/aromatic N) is 2. The van der Waals surface area contributed by atoms with Gasteiger partial charge in [0.25, 0.3) is 11.5 Å². The minimum absolute atomic E-state index is 0.0213. The van der Waals surface area contributed by atoms with Gasteiger partial charge >= 0.3 is 12.1 Å². The van der Waals surface area contributed by atoms with Gasteiger partial charge in [0.05, 0.1) is 24.1 Å². The Morgan fingerprint density at radius 3 is 2.36 bits per heavy atom. The Morgan fingerprint density at radius 2 is 1.72 bits per heavy atom. The van der Waals surface area contributed by atoms with Crippen molar-refractivity contribution >= 4 is 18.0 Å². The summed E-state index contributed by atoms with van der Waals surface area (Å²) in [5, 5.41) is 11.7. The van der Waals surface area contributed by atoms with Gasteiger partial charge in [-0.3, -0.25) is 9.69 Å². The van der Waals surface area contributed by atoms with Gasteiger partial charge in [0, 0.05) is 6.42 Å². The van der Waals surface area contributed by atoms with E-state index in [2.05, 4.69) is 9.97 Å². The van der Waals surface area contributed by atoms with Crippen LogP contribution in [0.25, 0.3) is 0 Å². The normalized spacial score (nSPS) is 16.4. The molecule has 0 bridgehead atoms. The zero-order valence-electron chi connectivity index (χ0n) is 18.5. The fourth-order valence-corrected chi connectivity index (χ4v) is 3.65. The number of amides is 1. The summed E-state index contributed by atoms with van der Waals surface area (Å²) in [6, 6.07) is 14.4. The highest BCUT2D eigenvalue weighted by atomic mass is 19.3. The molecule has 2 heterocycles. The predicted molar refractivity (Wildman–Crippen MR) is 116 cm³/mol. The second kappa shape index (κ2) is 9.94. The molecule has 1 aromatic heterocycles. The maximum Gasteiger partial charge on any atom is 0.410 e. The minimum atomic E-state index is -3.37. The topological polar surface area (TPSA) is 142 Å². The van der Waals surface area contributed by atoms with Crippen LogP contribution < -0.4 is 15.4 Å². The molecule has 4 rings (SSSR count). The number of rotatable bonds is 6. The van der Waals surface area contributed by atoms with E-state index >= 15 is 0 Å². The number of carboxylic acids is 1. The van der Waals surface area contributed by atoms with Gasteiger partial charge in [-0.05, 0) is 17.7 Å². The van der Waals surface area contributed by atoms with E-state index in [1.54, 1.807) is 36.4 Å². The highest BCUT2D eigenvalue weighted by Gasteiger charge is 2.49. The van der Waals surface area contributed by atoms with Crippen molar-refractivity contribution in [2.45, 2.75) is 25.0 Å². The molecule has 1 saturated heterocycles. The third-order valence-electron chi connectivity index (χ3n) is 5.32. The van der Waals surface area contributed by atoms with E-state index < -0.39 is 65.8 Å². The molecular formula is C24H18F2N3O7-. The molecule has 1 atom stereocenters. The molecule has 0 unspecified atom stereocenters. The Balaban J connectivity index is 1.62. The number of benzene rings is 2. The van der Waals surface area contributed by atoms with Crippen molar-refractivity contribution in [2.24, 2.45) is 0 Å². The Kier molecular flexibility index (Phi) is 6.77. The van der Waals surface area contributed by atoms with E-state index in [1.165, 1.54) is 24.3 Å². The average molecular weight is 498 g/mol. The number of hydrogen-bond acceptors (Lipinski definition) is 8. The minimum Gasteiger partial charge on any atom is -0.543 e. The quantitative estimate of drug-likeness (QED) is 0.509. The molecule has 36 heavy (non-hydrogen) atoms. The summed E-state index contributed by atoms with van der Waals surface area (Å²) in [5.74, 6) is -7.92. The number of aromatic carboxylic acids is 1. The smallest absolute Gasteiger partial charge is 0.410 e. The first-order chi connectivity index (χ1) is 17.1. The molecular weight excluding hydrogens is 480 g/mol. The summed E-state index contributed by atoms with van der Waals surface area (Å²) in [7, 11) is 0. The van der Waals surface area contributed by atoms with Crippen LogP contribution in [0, 0.1) is 0 Å². The molecule has 1 N–H and O–H groups in total. The summed E-state index contributed by atoms with van der Waals surface area (Å²) < 4.78 is 38.6. The van der Waals surface area contributed by atoms with Gasteiger partial charge in [-0.1, -0.05) is 48.5 Å². The van der Waals surface area contributed by atoms with Crippen LogP contribution >= 0.6 is 0 Å². The van der Waals surface area contributed by atoms with Crippen molar-refractivity contribution < 1.29 is 37.7 Å². The monoisotopic (exact) mass is 498 g/mol. The van der Waals surface area contributed by atoms with Crippen molar-refractivity contribution in [3.63, 3.8) is 0 Å². The van der Waals surface area contributed by atoms with Gasteiger partial charge in [-0.2, -0.15) is 0 Å². The summed E-state index contributed by atoms with van der Waals surface area (Å²) in [4.78, 5) is 55.8. The van der Waals surface area contributed by atoms with Gasteiger partial charge in [-0.15, -0.1) is 0 Å². The molecule has 1 amide bonds. The lowest BCUT2D eigenvalue weighted by Crippen LogP contribution is -2.36. The summed E-state index contributed by atoms with van der Waals surface area (Å²) >= 11 is 0. The fourth-order valence-electron chi connectivity index (χ4n) is 3.65. The van der Waals surface area contributed by atoms with E-state index in [0.29, 0.717) is 10.5 Å². The summed E-state index contributed by atoms with van der Waals surface area (Å²) in [6.07, 6.45) is -2.07. The first-order valence-electron chi connectivity index (χ1n) is 10.6. The number of ether oxygens (including phenoxy) is 2. The highest BCUT2D eigenvalue weighted by molar-refractivity contribution is 5.93. The number of aromatic amines is 1. The number of esters is 1. The Morgan fingerprint density at radius 1 is 1.08 bits per heavy atom. The molecule has 2 aromatic carbocycles. The molecule has 10 nitrogen and oxygen atoms in total. The number of carboxylic acid groups (broad SMARTS) is 1. The van der Waals surface area contributed by atoms with Crippen LogP contribution in [0.15, 0.2) is 65.5 Å². The lowest BCUT2D eigenvalue weighted by molar-refractivity contribution is -0.255. The summed E-state index contributed by atoms with van der Waals surface area (Å²) in [6.45, 7) is -1.24. The SMILES string of the molecule is O=C(Oc1c(C(=O)[O-])nc([C@@H]2CC(F)(F)CN2C(=O)OCc2ccccc2)[nH]c1=O)c1ccccc1. The third kappa shape index (κ3) is 5.37. The van der Waals surface area contributed by atoms with E-state index in [1.807, 2.05) is 0 Å². The lowest BCUT2D eigenvalue weighted by Gasteiger charge is -2.23. The predicted octanol–water partition coefficient (Wildman–Crippen LogP) is 2.07. The van der Waals surface area contributed by atoms with Crippen LogP contribution in [-0.4, -0.2) is 45.4 Å². The number of aromatic nitrogens is 2. The Bertz CT molecular complexity index is 1350. The largest absolute Gasteiger partial charge is 0.543 e. The molecule has 12 heteroatoms. The maximum absolute atomic E-state index is 14.3. The number of hydrogen-bond donors (Lipinski definition) is 1. The second-order valence-corrected chi connectivity index (χ2v) is 7.92. The number of carbonyl (C=O) groups excluding carboxylic acids is 3. The van der Waals surface area contributed by atoms with Crippen molar-refractivity contribution in [2.75, 3.05) is 6.54 Å². The van der Waals surface area contributed by atoms with Gasteiger partial charge in [0.1, 0.15) is 18.1 Å². The van der Waals surface area contributed by atoms with Gasteiger partial charge in [0.15, 0.2) is 0 Å². The lowest BCUT2D eigenvalue weighted by atomic mass is 10.1. The zero-order valence-corrected chi connectivity index (χ0v) is 18.5. The van der Waals surface area contributed by atoms with Crippen LogP contribution in [0.5, 0.6) is 5.75 Å². The molecule has 0 aliphatic carbocycles. The number of H-pyrrole nitrogens is 1. The van der Waals surface area contributed by atoms with Gasteiger partial charge < -0.3 is 24.4 Å². The maximum atomic E-state index is 14.3. The fraction of sp³-hybridized carbons (Fsp3) is 0.208. The van der Waals surface area contributed by atoms with Crippen LogP contribution in [-0.2, 0) is 11.3 Å². The second-order valence-electron chi connectivity index (χ2n) is 7.92. The van der Waals surface area contributed by atoms with Crippen molar-refractivity contribution in [1.82, 2.24) is 14.9 Å². The highest BCUT2D eigenvalue weighted by Crippen LogP contribution is 2.40. The Labute approximate surface area is 202 Å². The van der Waals surface area contributed by atoms with Gasteiger partial charge in [0.2, 0.25) is 5.75 Å². The molecule has 0 saturated carbocycles. The molecule has 186 valence electrons. The standard InChI is InChI=1S/C24H19F2N3O7/c25-24(26)11-16(29(13-24)23(34)35-12-14-7-3-1-4-8-14)19-27-17(21(31)32)18(20(30)28-19)36-22(33)15-9-5-2-6-10-15/h1-10,16H,11-13H2,(H,31,32)(H,27,28,30)/p-1/t16-/m0/s1. The van der Waals surface area contributed by atoms with Crippen LogP contribution in [0.3, 0.4) is 0 Å². The number of nitrogens with one attached hydrogen (secondary N) is 1. The average Bonchev–Trinajstić information content (AvgIpc) is 3.20. The van der Waals surface area contributed by atoms with Gasteiger partial charge in [-0.25, -0.2) is 23.4 Å². The van der Waals surface area contributed by atoms with Crippen LogP contribution in [0.1, 0.15) is 44.7 Å². The summed E-state index contributed by atoms with van der Waals surface area (Å²) in [5.41, 5.74) is -1.67. The molecule has 0 radical (unpaired) electrons. The number of halogens is 2. The molecule has 0 spiro atoms. The first-order valence-corrected chi connectivity index (χ1v) is 10.6. The zero-order chi connectivity index (χ0) is 25.9. The molecule has 3 aromatic rings. The van der Waals surface area contributed by atoms with Crippen molar-refractivity contribution in [1.29, 1.82) is 0 Å². The van der Waals surface area contributed by atoms with E-state index in [0.717, 1.165) is 0 Å². The number of carbonyl (C=O) groups is 3. The molecule has 1 aliphatic heterocycles. The number of likely N-dealkylation sites (tertiary alicyclic amines) is 1. The molecule has 1 fully saturated rings. The third-order valence-corrected chi connectivity index (χ3v) is 5.32. The van der Waals surface area contributed by atoms with Crippen LogP contribution in [0.4, 0.5) is 13.6 Å². The molecule has 1 aliphatic rings. The van der Waals surface area contributed by atoms with Crippen LogP contribution in [0.2, 0.25) is 0 Å². The van der Waals surface area contributed by atoms with E-state index in [-0.39, 0.29) is 12.2 Å². The Hall–Kier alpha value is -4.61. The van der Waals surface area contributed by atoms with Crippen molar-refractivity contribution in [3.8, 4) is 5.75 Å².